The first-order valence-corrected chi connectivity index (χ1v) is 9.17. The molecule has 1 aliphatic rings. The van der Waals surface area contributed by atoms with Gasteiger partial charge < -0.3 is 4.74 Å². The van der Waals surface area contributed by atoms with E-state index in [0.717, 1.165) is 5.56 Å². The monoisotopic (exact) mass is 418 g/mol. The molecule has 10 nitrogen and oxygen atoms in total. The fourth-order valence-electron chi connectivity index (χ4n) is 2.78. The largest absolute Gasteiger partial charge is 0.462 e. The number of benzene rings is 1. The zero-order valence-electron chi connectivity index (χ0n) is 16.6. The normalized spacial score (nSPS) is 15.4. The Labute approximate surface area is 177 Å². The van der Waals surface area contributed by atoms with Gasteiger partial charge in [0.25, 0.3) is 0 Å². The van der Waals surface area contributed by atoms with Crippen LogP contribution in [0.25, 0.3) is 20.9 Å². The minimum atomic E-state index is -0.888. The maximum Gasteiger partial charge on any atom is 0.330 e. The van der Waals surface area contributed by atoms with Crippen LogP contribution in [-0.2, 0) is 25.5 Å². The van der Waals surface area contributed by atoms with Crippen molar-refractivity contribution in [1.82, 2.24) is 0 Å². The highest BCUT2D eigenvalue weighted by Gasteiger charge is 2.25. The zero-order chi connectivity index (χ0) is 22.6. The van der Waals surface area contributed by atoms with Crippen molar-refractivity contribution in [3.8, 4) is 0 Å². The summed E-state index contributed by atoms with van der Waals surface area (Å²) in [6, 6.07) is 9.54. The molecule has 0 aromatic heterocycles. The van der Waals surface area contributed by atoms with Crippen LogP contribution in [0.4, 0.5) is 0 Å². The summed E-state index contributed by atoms with van der Waals surface area (Å²) in [6.45, 7) is 1.73. The first-order chi connectivity index (χ1) is 15.0. The van der Waals surface area contributed by atoms with E-state index in [1.165, 1.54) is 37.3 Å². The maximum atomic E-state index is 12.2. The fourth-order valence-corrected chi connectivity index (χ4v) is 2.78. The van der Waals surface area contributed by atoms with E-state index in [2.05, 4.69) is 20.1 Å². The zero-order valence-corrected chi connectivity index (χ0v) is 16.6. The number of hydrogen-bond donors (Lipinski definition) is 0. The number of rotatable bonds is 7. The molecular weight excluding hydrogens is 400 g/mol. The van der Waals surface area contributed by atoms with Crippen LogP contribution in [0.3, 0.4) is 0 Å². The summed E-state index contributed by atoms with van der Waals surface area (Å²) in [5, 5.41) is 6.12. The van der Waals surface area contributed by atoms with E-state index in [9.17, 15) is 14.4 Å². The molecule has 0 N–H and O–H groups in total. The second-order valence-electron chi connectivity index (χ2n) is 6.34. The Morgan fingerprint density at radius 3 is 2.32 bits per heavy atom. The third-order valence-electron chi connectivity index (χ3n) is 4.37. The first kappa shape index (κ1) is 22.9. The highest BCUT2D eigenvalue weighted by molar-refractivity contribution is 6.01. The van der Waals surface area contributed by atoms with Gasteiger partial charge in [-0.1, -0.05) is 49.4 Å². The molecule has 2 rings (SSSR count). The van der Waals surface area contributed by atoms with Crippen molar-refractivity contribution in [2.24, 2.45) is 16.1 Å². The van der Waals surface area contributed by atoms with Crippen LogP contribution in [-0.4, -0.2) is 24.4 Å². The van der Waals surface area contributed by atoms with Gasteiger partial charge in [-0.05, 0) is 44.6 Å². The third-order valence-corrected chi connectivity index (χ3v) is 4.37. The molecule has 0 radical (unpaired) electrons. The molecule has 0 spiro atoms. The Balaban J connectivity index is 2.18. The fraction of sp³-hybridized carbons (Fsp3) is 0.190. The summed E-state index contributed by atoms with van der Waals surface area (Å²) >= 11 is 0. The Morgan fingerprint density at radius 2 is 1.68 bits per heavy atom. The number of ether oxygens (including phenoxy) is 1. The van der Waals surface area contributed by atoms with E-state index < -0.39 is 23.7 Å². The maximum absolute atomic E-state index is 12.2. The van der Waals surface area contributed by atoms with E-state index >= 15 is 0 Å². The van der Waals surface area contributed by atoms with Crippen LogP contribution in [0.15, 0.2) is 87.7 Å². The van der Waals surface area contributed by atoms with E-state index in [0.29, 0.717) is 12.0 Å². The number of esters is 1. The number of allylic oxidation sites excluding steroid dienone is 5. The van der Waals surface area contributed by atoms with Crippen molar-refractivity contribution < 1.29 is 19.1 Å². The van der Waals surface area contributed by atoms with Crippen molar-refractivity contribution in [2.75, 3.05) is 6.61 Å². The van der Waals surface area contributed by atoms with Gasteiger partial charge >= 0.3 is 5.97 Å². The lowest BCUT2D eigenvalue weighted by Crippen LogP contribution is -2.15. The molecule has 0 aliphatic heterocycles. The molecule has 0 saturated heterocycles. The van der Waals surface area contributed by atoms with Gasteiger partial charge in [-0.25, -0.2) is 4.79 Å². The molecular formula is C21H18N6O4. The van der Waals surface area contributed by atoms with Crippen LogP contribution in [0, 0.1) is 5.92 Å². The lowest BCUT2D eigenvalue weighted by atomic mass is 9.91. The molecule has 1 aliphatic carbocycles. The van der Waals surface area contributed by atoms with E-state index in [4.69, 9.17) is 15.8 Å². The topological polar surface area (TPSA) is 158 Å². The predicted octanol–water partition coefficient (Wildman–Crippen LogP) is 4.43. The Hall–Kier alpha value is -4.39. The van der Waals surface area contributed by atoms with Gasteiger partial charge in [-0.2, -0.15) is 0 Å². The lowest BCUT2D eigenvalue weighted by Gasteiger charge is -2.13. The Kier molecular flexibility index (Phi) is 8.55. The minimum absolute atomic E-state index is 0.0105. The minimum Gasteiger partial charge on any atom is -0.462 e. The molecule has 1 unspecified atom stereocenters. The molecule has 1 aromatic rings. The summed E-state index contributed by atoms with van der Waals surface area (Å²) < 4.78 is 5.16. The SMILES string of the molecule is CC1C(C(=O)N=[N+]=[N-])=CC=C(/C=C/C(=O)OCCc2ccccc2)C=C1C(=O)N=[N+]=[N-]. The summed E-state index contributed by atoms with van der Waals surface area (Å²) in [6.07, 6.45) is 7.40. The van der Waals surface area contributed by atoms with Crippen LogP contribution in [0.2, 0.25) is 0 Å². The summed E-state index contributed by atoms with van der Waals surface area (Å²) in [4.78, 5) is 41.1. The van der Waals surface area contributed by atoms with Crippen molar-refractivity contribution in [3.05, 3.63) is 104 Å². The Morgan fingerprint density at radius 1 is 1.03 bits per heavy atom. The second-order valence-corrected chi connectivity index (χ2v) is 6.34. The quantitative estimate of drug-likeness (QED) is 0.211. The van der Waals surface area contributed by atoms with Gasteiger partial charge in [0.15, 0.2) is 0 Å². The van der Waals surface area contributed by atoms with Crippen LogP contribution in [0.5, 0.6) is 0 Å². The number of carbonyl (C=O) groups is 3. The van der Waals surface area contributed by atoms with Gasteiger partial charge in [-0.15, -0.1) is 0 Å². The average Bonchev–Trinajstić information content (AvgIpc) is 2.92. The summed E-state index contributed by atoms with van der Waals surface area (Å²) in [5.41, 5.74) is 18.5. The molecule has 0 heterocycles. The molecule has 31 heavy (non-hydrogen) atoms. The average molecular weight is 418 g/mol. The molecule has 0 bridgehead atoms. The van der Waals surface area contributed by atoms with Gasteiger partial charge in [0.1, 0.15) is 0 Å². The van der Waals surface area contributed by atoms with Crippen LogP contribution >= 0.6 is 0 Å². The molecule has 1 aromatic carbocycles. The number of nitrogens with zero attached hydrogens (tertiary/aromatic N) is 6. The van der Waals surface area contributed by atoms with Crippen LogP contribution in [0.1, 0.15) is 12.5 Å². The highest BCUT2D eigenvalue weighted by atomic mass is 16.5. The van der Waals surface area contributed by atoms with E-state index in [1.54, 1.807) is 0 Å². The Bertz CT molecular complexity index is 1090. The smallest absolute Gasteiger partial charge is 0.330 e. The van der Waals surface area contributed by atoms with Crippen molar-refractivity contribution in [2.45, 2.75) is 13.3 Å². The number of amides is 2. The van der Waals surface area contributed by atoms with Gasteiger partial charge in [0.2, 0.25) is 11.8 Å². The predicted molar refractivity (Wildman–Crippen MR) is 112 cm³/mol. The van der Waals surface area contributed by atoms with E-state index in [1.807, 2.05) is 30.3 Å². The van der Waals surface area contributed by atoms with Crippen molar-refractivity contribution in [3.63, 3.8) is 0 Å². The van der Waals surface area contributed by atoms with Gasteiger partial charge in [0, 0.05) is 39.4 Å². The number of hydrogen-bond acceptors (Lipinski definition) is 4. The highest BCUT2D eigenvalue weighted by Crippen LogP contribution is 2.27. The van der Waals surface area contributed by atoms with Crippen molar-refractivity contribution in [1.29, 1.82) is 0 Å². The van der Waals surface area contributed by atoms with Crippen molar-refractivity contribution >= 4 is 17.8 Å². The molecule has 0 fully saturated rings. The third kappa shape index (κ3) is 6.86. The van der Waals surface area contributed by atoms with E-state index in [-0.39, 0.29) is 17.8 Å². The molecule has 1 atom stereocenters. The molecule has 0 saturated carbocycles. The molecule has 2 amide bonds. The standard InChI is InChI=1S/C21H18N6O4/c1-14-17(20(29)24-26-22)9-7-16(13-18(14)21(30)25-27-23)8-10-19(28)31-12-11-15-5-3-2-4-6-15/h2-10,13-14H,11-12H2,1H3/b10-8+. The summed E-state index contributed by atoms with van der Waals surface area (Å²) in [7, 11) is 0. The van der Waals surface area contributed by atoms with Crippen LogP contribution < -0.4 is 0 Å². The first-order valence-electron chi connectivity index (χ1n) is 9.17. The number of azide groups is 2. The lowest BCUT2D eigenvalue weighted by molar-refractivity contribution is -0.137. The molecule has 156 valence electrons. The molecule has 10 heteroatoms. The second kappa shape index (κ2) is 11.6. The summed E-state index contributed by atoms with van der Waals surface area (Å²) in [5.74, 6) is -3.13. The van der Waals surface area contributed by atoms with Gasteiger partial charge in [-0.3, -0.25) is 9.59 Å². The van der Waals surface area contributed by atoms with Gasteiger partial charge in [0.05, 0.1) is 6.61 Å². The number of carbonyl (C=O) groups excluding carboxylic acids is 3.